The molecule has 0 spiro atoms. The van der Waals surface area contributed by atoms with Crippen molar-refractivity contribution in [2.75, 3.05) is 7.11 Å². The topological polar surface area (TPSA) is 76.9 Å². The Morgan fingerprint density at radius 2 is 1.90 bits per heavy atom. The maximum absolute atomic E-state index is 7.53. The molecule has 0 saturated heterocycles. The lowest BCUT2D eigenvalue weighted by Gasteiger charge is -2.29. The molecule has 1 fully saturated rings. The van der Waals surface area contributed by atoms with E-state index in [0.717, 1.165) is 34.4 Å². The maximum Gasteiger partial charge on any atom is 0.122 e. The Balaban J connectivity index is 1.60. The number of aromatic nitrogens is 2. The predicted octanol–water partition coefficient (Wildman–Crippen LogP) is 4.72. The van der Waals surface area contributed by atoms with Gasteiger partial charge in [-0.15, -0.1) is 0 Å². The lowest BCUT2D eigenvalue weighted by atomic mass is 9.82. The van der Waals surface area contributed by atoms with E-state index in [1.54, 1.807) is 0 Å². The van der Waals surface area contributed by atoms with E-state index in [1.165, 1.54) is 37.7 Å². The first kappa shape index (κ1) is 19.6. The Bertz CT molecular complexity index is 1000. The highest BCUT2D eigenvalue weighted by Crippen LogP contribution is 2.37. The second-order valence-corrected chi connectivity index (χ2v) is 8.18. The van der Waals surface area contributed by atoms with Gasteiger partial charge in [0.25, 0.3) is 0 Å². The van der Waals surface area contributed by atoms with Crippen LogP contribution >= 0.6 is 0 Å². The standard InChI is InChI=1S/C24H30N4O/c1-28-21-13-12-19(23(29-2)17-6-4-3-5-7-17)15-20(21)27-22(28)14-16-8-10-18(11-9-16)24(25)26/h8-13,15,17,23H,3-7,14H2,1-2H3,(H3,25,26). The molecule has 1 heterocycles. The van der Waals surface area contributed by atoms with Gasteiger partial charge in [-0.2, -0.15) is 0 Å². The summed E-state index contributed by atoms with van der Waals surface area (Å²) >= 11 is 0. The van der Waals surface area contributed by atoms with Crippen LogP contribution in [0.15, 0.2) is 42.5 Å². The molecule has 0 amide bonds. The van der Waals surface area contributed by atoms with Crippen LogP contribution in [0.2, 0.25) is 0 Å². The van der Waals surface area contributed by atoms with Crippen molar-refractivity contribution in [3.63, 3.8) is 0 Å². The van der Waals surface area contributed by atoms with E-state index in [0.29, 0.717) is 5.92 Å². The molecule has 1 saturated carbocycles. The van der Waals surface area contributed by atoms with Gasteiger partial charge >= 0.3 is 0 Å². The van der Waals surface area contributed by atoms with Gasteiger partial charge in [-0.05, 0) is 42.0 Å². The summed E-state index contributed by atoms with van der Waals surface area (Å²) in [7, 11) is 3.90. The minimum atomic E-state index is 0.0949. The Kier molecular flexibility index (Phi) is 5.67. The number of fused-ring (bicyclic) bond motifs is 1. The van der Waals surface area contributed by atoms with Crippen molar-refractivity contribution < 1.29 is 4.74 Å². The molecular weight excluding hydrogens is 360 g/mol. The van der Waals surface area contributed by atoms with Crippen LogP contribution in [0.4, 0.5) is 0 Å². The summed E-state index contributed by atoms with van der Waals surface area (Å²) in [5, 5.41) is 7.53. The molecule has 3 aromatic rings. The Hall–Kier alpha value is -2.66. The lowest BCUT2D eigenvalue weighted by Crippen LogP contribution is -2.17. The fraction of sp³-hybridized carbons (Fsp3) is 0.417. The number of imidazole rings is 1. The summed E-state index contributed by atoms with van der Waals surface area (Å²) in [4.78, 5) is 4.93. The van der Waals surface area contributed by atoms with E-state index in [1.807, 2.05) is 31.4 Å². The van der Waals surface area contributed by atoms with E-state index in [2.05, 4.69) is 29.8 Å². The minimum Gasteiger partial charge on any atom is -0.384 e. The van der Waals surface area contributed by atoms with Gasteiger partial charge in [-0.3, -0.25) is 5.41 Å². The SMILES string of the molecule is COC(c1ccc2c(c1)nc(Cc1ccc(C(=N)N)cc1)n2C)C1CCCCC1. The molecule has 0 bridgehead atoms. The van der Waals surface area contributed by atoms with Crippen molar-refractivity contribution in [3.05, 3.63) is 65.0 Å². The smallest absolute Gasteiger partial charge is 0.122 e. The highest BCUT2D eigenvalue weighted by atomic mass is 16.5. The number of hydrogen-bond acceptors (Lipinski definition) is 3. The first-order valence-corrected chi connectivity index (χ1v) is 10.5. The molecule has 29 heavy (non-hydrogen) atoms. The zero-order valence-electron chi connectivity index (χ0n) is 17.3. The van der Waals surface area contributed by atoms with Crippen molar-refractivity contribution in [2.24, 2.45) is 18.7 Å². The lowest BCUT2D eigenvalue weighted by molar-refractivity contribution is 0.0355. The molecule has 1 aliphatic rings. The summed E-state index contributed by atoms with van der Waals surface area (Å²) in [6.07, 6.45) is 7.37. The van der Waals surface area contributed by atoms with E-state index >= 15 is 0 Å². The fourth-order valence-corrected chi connectivity index (χ4v) is 4.62. The molecule has 1 atom stereocenters. The van der Waals surface area contributed by atoms with Crippen LogP contribution in [-0.2, 0) is 18.2 Å². The van der Waals surface area contributed by atoms with Crippen LogP contribution in [-0.4, -0.2) is 22.5 Å². The van der Waals surface area contributed by atoms with Crippen LogP contribution in [0.5, 0.6) is 0 Å². The van der Waals surface area contributed by atoms with Crippen molar-refractivity contribution in [1.29, 1.82) is 5.41 Å². The van der Waals surface area contributed by atoms with E-state index < -0.39 is 0 Å². The quantitative estimate of drug-likeness (QED) is 0.472. The number of methoxy groups -OCH3 is 1. The fourth-order valence-electron chi connectivity index (χ4n) is 4.62. The first-order chi connectivity index (χ1) is 14.1. The van der Waals surface area contributed by atoms with Gasteiger partial charge in [-0.25, -0.2) is 4.98 Å². The van der Waals surface area contributed by atoms with Gasteiger partial charge in [0.2, 0.25) is 0 Å². The third-order valence-corrected chi connectivity index (χ3v) is 6.29. The van der Waals surface area contributed by atoms with Gasteiger partial charge in [0, 0.05) is 26.1 Å². The molecule has 1 aromatic heterocycles. The van der Waals surface area contributed by atoms with Crippen LogP contribution in [0.1, 0.15) is 60.7 Å². The number of amidine groups is 1. The molecule has 1 unspecified atom stereocenters. The number of rotatable bonds is 6. The molecule has 1 aliphatic carbocycles. The van der Waals surface area contributed by atoms with Crippen molar-refractivity contribution in [1.82, 2.24) is 9.55 Å². The van der Waals surface area contributed by atoms with Gasteiger partial charge < -0.3 is 15.0 Å². The molecule has 0 aliphatic heterocycles. The molecule has 4 rings (SSSR count). The van der Waals surface area contributed by atoms with Crippen LogP contribution in [0, 0.1) is 11.3 Å². The van der Waals surface area contributed by atoms with Crippen LogP contribution in [0.25, 0.3) is 11.0 Å². The van der Waals surface area contributed by atoms with Gasteiger partial charge in [0.1, 0.15) is 11.7 Å². The molecule has 152 valence electrons. The van der Waals surface area contributed by atoms with Gasteiger partial charge in [-0.1, -0.05) is 49.6 Å². The van der Waals surface area contributed by atoms with Crippen molar-refractivity contribution in [2.45, 2.75) is 44.6 Å². The Morgan fingerprint density at radius 3 is 2.55 bits per heavy atom. The summed E-state index contributed by atoms with van der Waals surface area (Å²) < 4.78 is 8.09. The number of nitrogens with two attached hydrogens (primary N) is 1. The Morgan fingerprint density at radius 1 is 1.17 bits per heavy atom. The number of nitrogen functional groups attached to an aromatic ring is 1. The van der Waals surface area contributed by atoms with Gasteiger partial charge in [0.05, 0.1) is 17.1 Å². The van der Waals surface area contributed by atoms with Crippen LogP contribution < -0.4 is 5.73 Å². The molecule has 5 nitrogen and oxygen atoms in total. The van der Waals surface area contributed by atoms with Crippen molar-refractivity contribution in [3.8, 4) is 0 Å². The second kappa shape index (κ2) is 8.37. The average molecular weight is 391 g/mol. The van der Waals surface area contributed by atoms with Crippen LogP contribution in [0.3, 0.4) is 0 Å². The maximum atomic E-state index is 7.53. The monoisotopic (exact) mass is 390 g/mol. The third kappa shape index (κ3) is 4.06. The highest BCUT2D eigenvalue weighted by Gasteiger charge is 2.25. The molecule has 2 aromatic carbocycles. The summed E-state index contributed by atoms with van der Waals surface area (Å²) in [5.74, 6) is 1.73. The Labute approximate surface area is 172 Å². The molecule has 5 heteroatoms. The first-order valence-electron chi connectivity index (χ1n) is 10.5. The highest BCUT2D eigenvalue weighted by molar-refractivity contribution is 5.94. The zero-order valence-corrected chi connectivity index (χ0v) is 17.3. The largest absolute Gasteiger partial charge is 0.384 e. The van der Waals surface area contributed by atoms with E-state index in [-0.39, 0.29) is 11.9 Å². The molecular formula is C24H30N4O. The summed E-state index contributed by atoms with van der Waals surface area (Å²) in [6.45, 7) is 0. The summed E-state index contributed by atoms with van der Waals surface area (Å²) in [6, 6.07) is 14.4. The van der Waals surface area contributed by atoms with Gasteiger partial charge in [0.15, 0.2) is 0 Å². The number of ether oxygens (including phenoxy) is 1. The zero-order chi connectivity index (χ0) is 20.4. The van der Waals surface area contributed by atoms with E-state index in [4.69, 9.17) is 20.9 Å². The number of nitrogens with one attached hydrogen (secondary N) is 1. The third-order valence-electron chi connectivity index (χ3n) is 6.29. The summed E-state index contributed by atoms with van der Waals surface area (Å²) in [5.41, 5.74) is 10.9. The number of aryl methyl sites for hydroxylation is 1. The second-order valence-electron chi connectivity index (χ2n) is 8.18. The number of hydrogen-bond donors (Lipinski definition) is 2. The average Bonchev–Trinajstić information content (AvgIpc) is 3.04. The number of nitrogens with zero attached hydrogens (tertiary/aromatic N) is 2. The van der Waals surface area contributed by atoms with Crippen molar-refractivity contribution >= 4 is 16.9 Å². The molecule has 3 N–H and O–H groups in total. The molecule has 0 radical (unpaired) electrons. The van der Waals surface area contributed by atoms with E-state index in [9.17, 15) is 0 Å². The number of benzene rings is 2. The normalized spacial score (nSPS) is 16.2. The minimum absolute atomic E-state index is 0.0949. The predicted molar refractivity (Wildman–Crippen MR) is 117 cm³/mol.